The maximum absolute atomic E-state index is 13.8. The molecule has 1 amide bonds. The van der Waals surface area contributed by atoms with E-state index in [2.05, 4.69) is 5.32 Å². The molecular formula is C20H24FNO2. The lowest BCUT2D eigenvalue weighted by Gasteiger charge is -2.21. The quantitative estimate of drug-likeness (QED) is 0.818. The van der Waals surface area contributed by atoms with Gasteiger partial charge in [-0.3, -0.25) is 4.79 Å². The molecule has 0 heterocycles. The zero-order chi connectivity index (χ0) is 17.5. The van der Waals surface area contributed by atoms with Crippen LogP contribution in [0.3, 0.4) is 0 Å². The Morgan fingerprint density at radius 1 is 1.08 bits per heavy atom. The number of rotatable bonds is 7. The van der Waals surface area contributed by atoms with Crippen molar-refractivity contribution in [3.05, 3.63) is 71.5 Å². The van der Waals surface area contributed by atoms with Gasteiger partial charge in [0.2, 0.25) is 5.91 Å². The Morgan fingerprint density at radius 3 is 2.38 bits per heavy atom. The van der Waals surface area contributed by atoms with Crippen molar-refractivity contribution in [2.45, 2.75) is 44.8 Å². The first-order valence-corrected chi connectivity index (χ1v) is 8.23. The Balaban J connectivity index is 1.86. The van der Waals surface area contributed by atoms with Crippen LogP contribution in [0.2, 0.25) is 0 Å². The highest BCUT2D eigenvalue weighted by molar-refractivity contribution is 5.77. The summed E-state index contributed by atoms with van der Waals surface area (Å²) in [6, 6.07) is 15.8. The van der Waals surface area contributed by atoms with Crippen molar-refractivity contribution in [3.63, 3.8) is 0 Å². The van der Waals surface area contributed by atoms with Gasteiger partial charge in [0, 0.05) is 12.8 Å². The second-order valence-electron chi connectivity index (χ2n) is 6.24. The van der Waals surface area contributed by atoms with E-state index in [1.54, 1.807) is 25.1 Å². The third-order valence-corrected chi connectivity index (χ3v) is 4.18. The van der Waals surface area contributed by atoms with Gasteiger partial charge in [-0.15, -0.1) is 0 Å². The summed E-state index contributed by atoms with van der Waals surface area (Å²) in [5.41, 5.74) is 1.55. The molecule has 0 bridgehead atoms. The third kappa shape index (κ3) is 5.17. The number of halogens is 1. The summed E-state index contributed by atoms with van der Waals surface area (Å²) in [5, 5.41) is 13.0. The molecule has 2 aromatic carbocycles. The lowest BCUT2D eigenvalue weighted by Crippen LogP contribution is -2.42. The molecule has 0 aliphatic rings. The summed E-state index contributed by atoms with van der Waals surface area (Å²) in [5.74, 6) is -0.704. The molecule has 0 spiro atoms. The van der Waals surface area contributed by atoms with Crippen molar-refractivity contribution in [3.8, 4) is 0 Å². The van der Waals surface area contributed by atoms with Gasteiger partial charge in [-0.05, 0) is 30.0 Å². The number of amides is 1. The van der Waals surface area contributed by atoms with Crippen molar-refractivity contribution in [2.24, 2.45) is 0 Å². The molecule has 0 fully saturated rings. The normalized spacial score (nSPS) is 14.7. The van der Waals surface area contributed by atoms with E-state index in [-0.39, 0.29) is 30.1 Å². The van der Waals surface area contributed by atoms with Crippen LogP contribution in [0.1, 0.15) is 37.3 Å². The number of carbonyl (C=O) groups excluding carboxylic acids is 1. The molecule has 0 radical (unpaired) electrons. The molecule has 2 aromatic rings. The van der Waals surface area contributed by atoms with Gasteiger partial charge in [0.05, 0.1) is 12.1 Å². The largest absolute Gasteiger partial charge is 0.391 e. The molecule has 3 unspecified atom stereocenters. The van der Waals surface area contributed by atoms with Gasteiger partial charge < -0.3 is 10.4 Å². The van der Waals surface area contributed by atoms with Crippen LogP contribution in [0.25, 0.3) is 0 Å². The van der Waals surface area contributed by atoms with Crippen LogP contribution in [0.4, 0.5) is 4.39 Å². The van der Waals surface area contributed by atoms with Crippen LogP contribution in [-0.2, 0) is 11.2 Å². The molecule has 0 saturated heterocycles. The van der Waals surface area contributed by atoms with Crippen LogP contribution in [0.15, 0.2) is 54.6 Å². The van der Waals surface area contributed by atoms with Crippen molar-refractivity contribution in [2.75, 3.05) is 0 Å². The highest BCUT2D eigenvalue weighted by atomic mass is 19.1. The van der Waals surface area contributed by atoms with Crippen molar-refractivity contribution in [1.82, 2.24) is 5.32 Å². The summed E-state index contributed by atoms with van der Waals surface area (Å²) in [6.45, 7) is 3.60. The summed E-state index contributed by atoms with van der Waals surface area (Å²) in [4.78, 5) is 12.2. The van der Waals surface area contributed by atoms with E-state index in [0.717, 1.165) is 5.56 Å². The highest BCUT2D eigenvalue weighted by Crippen LogP contribution is 2.21. The van der Waals surface area contributed by atoms with Gasteiger partial charge in [0.25, 0.3) is 0 Å². The summed E-state index contributed by atoms with van der Waals surface area (Å²) in [7, 11) is 0. The Morgan fingerprint density at radius 2 is 1.71 bits per heavy atom. The van der Waals surface area contributed by atoms with Crippen LogP contribution in [0, 0.1) is 5.82 Å². The maximum Gasteiger partial charge on any atom is 0.220 e. The molecular weight excluding hydrogens is 305 g/mol. The van der Waals surface area contributed by atoms with Gasteiger partial charge in [-0.1, -0.05) is 55.5 Å². The number of hydrogen-bond donors (Lipinski definition) is 2. The Kier molecular flexibility index (Phi) is 6.50. The second-order valence-corrected chi connectivity index (χ2v) is 6.24. The standard InChI is InChI=1S/C20H24FNO2/c1-14(17-10-6-7-11-18(17)21)12-20(24)22-15(2)19(23)13-16-8-4-3-5-9-16/h3-11,14-15,19,23H,12-13H2,1-2H3,(H,22,24). The monoisotopic (exact) mass is 329 g/mol. The minimum absolute atomic E-state index is 0.184. The number of aliphatic hydroxyl groups is 1. The van der Waals surface area contributed by atoms with Crippen LogP contribution >= 0.6 is 0 Å². The van der Waals surface area contributed by atoms with E-state index in [1.165, 1.54) is 6.07 Å². The molecule has 4 heteroatoms. The van der Waals surface area contributed by atoms with Crippen LogP contribution in [0.5, 0.6) is 0 Å². The lowest BCUT2D eigenvalue weighted by molar-refractivity contribution is -0.122. The molecule has 0 aliphatic carbocycles. The minimum Gasteiger partial charge on any atom is -0.391 e. The Hall–Kier alpha value is -2.20. The smallest absolute Gasteiger partial charge is 0.220 e. The van der Waals surface area contributed by atoms with E-state index in [0.29, 0.717) is 12.0 Å². The van der Waals surface area contributed by atoms with E-state index < -0.39 is 6.10 Å². The number of carbonyl (C=O) groups is 1. The first-order valence-electron chi connectivity index (χ1n) is 8.23. The SMILES string of the molecule is CC(CC(=O)NC(C)C(O)Cc1ccccc1)c1ccccc1F. The molecule has 0 aliphatic heterocycles. The zero-order valence-corrected chi connectivity index (χ0v) is 14.1. The van der Waals surface area contributed by atoms with E-state index in [1.807, 2.05) is 37.3 Å². The summed E-state index contributed by atoms with van der Waals surface area (Å²) >= 11 is 0. The van der Waals surface area contributed by atoms with E-state index in [4.69, 9.17) is 0 Å². The Labute approximate surface area is 142 Å². The fraction of sp³-hybridized carbons (Fsp3) is 0.350. The first-order chi connectivity index (χ1) is 11.5. The van der Waals surface area contributed by atoms with Gasteiger partial charge in [-0.2, -0.15) is 0 Å². The fourth-order valence-corrected chi connectivity index (χ4v) is 2.70. The topological polar surface area (TPSA) is 49.3 Å². The van der Waals surface area contributed by atoms with Crippen molar-refractivity contribution >= 4 is 5.91 Å². The van der Waals surface area contributed by atoms with Crippen molar-refractivity contribution < 1.29 is 14.3 Å². The van der Waals surface area contributed by atoms with Crippen LogP contribution in [-0.4, -0.2) is 23.2 Å². The summed E-state index contributed by atoms with van der Waals surface area (Å²) in [6.07, 6.45) is -0.00536. The predicted molar refractivity (Wildman–Crippen MR) is 93.2 cm³/mol. The highest BCUT2D eigenvalue weighted by Gasteiger charge is 2.19. The molecule has 0 aromatic heterocycles. The van der Waals surface area contributed by atoms with E-state index in [9.17, 15) is 14.3 Å². The number of hydrogen-bond acceptors (Lipinski definition) is 2. The van der Waals surface area contributed by atoms with Crippen molar-refractivity contribution in [1.29, 1.82) is 0 Å². The average Bonchev–Trinajstić information content (AvgIpc) is 2.55. The Bertz CT molecular complexity index is 660. The number of nitrogens with one attached hydrogen (secondary N) is 1. The van der Waals surface area contributed by atoms with Gasteiger partial charge in [0.1, 0.15) is 5.82 Å². The number of benzene rings is 2. The zero-order valence-electron chi connectivity index (χ0n) is 14.1. The van der Waals surface area contributed by atoms with Gasteiger partial charge in [-0.25, -0.2) is 4.39 Å². The molecule has 128 valence electrons. The lowest BCUT2D eigenvalue weighted by atomic mass is 9.96. The van der Waals surface area contributed by atoms with Crippen LogP contribution < -0.4 is 5.32 Å². The maximum atomic E-state index is 13.8. The minimum atomic E-state index is -0.667. The molecule has 2 N–H and O–H groups in total. The fourth-order valence-electron chi connectivity index (χ4n) is 2.70. The average molecular weight is 329 g/mol. The molecule has 3 nitrogen and oxygen atoms in total. The van der Waals surface area contributed by atoms with E-state index >= 15 is 0 Å². The second kappa shape index (κ2) is 8.60. The van der Waals surface area contributed by atoms with Gasteiger partial charge in [0.15, 0.2) is 0 Å². The molecule has 0 saturated carbocycles. The first kappa shape index (κ1) is 18.1. The predicted octanol–water partition coefficient (Wildman–Crippen LogP) is 3.43. The number of aliphatic hydroxyl groups excluding tert-OH is 1. The molecule has 2 rings (SSSR count). The molecule has 24 heavy (non-hydrogen) atoms. The summed E-state index contributed by atoms with van der Waals surface area (Å²) < 4.78 is 13.8. The third-order valence-electron chi connectivity index (χ3n) is 4.18. The van der Waals surface area contributed by atoms with Gasteiger partial charge >= 0.3 is 0 Å². The molecule has 3 atom stereocenters.